The fraction of sp³-hybridized carbons (Fsp3) is 0.417. The van der Waals surface area contributed by atoms with Gasteiger partial charge in [-0.15, -0.1) is 24.2 Å². The highest BCUT2D eigenvalue weighted by molar-refractivity contribution is 7.98. The van der Waals surface area contributed by atoms with Crippen molar-refractivity contribution in [1.82, 2.24) is 4.90 Å². The third kappa shape index (κ3) is 4.09. The monoisotopic (exact) mass is 319 g/mol. The average Bonchev–Trinajstić information content (AvgIpc) is 2.43. The van der Waals surface area contributed by atoms with Crippen molar-refractivity contribution in [3.8, 4) is 0 Å². The molecule has 6 nitrogen and oxygen atoms in total. The van der Waals surface area contributed by atoms with E-state index in [9.17, 15) is 14.9 Å². The number of nitrogens with two attached hydrogens (primary N) is 1. The predicted octanol–water partition coefficient (Wildman–Crippen LogP) is 2.16. The van der Waals surface area contributed by atoms with Gasteiger partial charge < -0.3 is 10.6 Å². The van der Waals surface area contributed by atoms with E-state index in [2.05, 4.69) is 0 Å². The first-order valence-electron chi connectivity index (χ1n) is 5.72. The fourth-order valence-corrected chi connectivity index (χ4v) is 2.07. The quantitative estimate of drug-likeness (QED) is 0.510. The minimum atomic E-state index is -0.477. The maximum atomic E-state index is 12.2. The van der Waals surface area contributed by atoms with Crippen molar-refractivity contribution in [2.24, 2.45) is 5.73 Å². The van der Waals surface area contributed by atoms with Crippen molar-refractivity contribution < 1.29 is 9.72 Å². The van der Waals surface area contributed by atoms with E-state index in [4.69, 9.17) is 5.73 Å². The Morgan fingerprint density at radius 1 is 1.55 bits per heavy atom. The smallest absolute Gasteiger partial charge is 0.283 e. The molecule has 0 heterocycles. The van der Waals surface area contributed by atoms with E-state index in [0.717, 1.165) is 0 Å². The summed E-state index contributed by atoms with van der Waals surface area (Å²) in [5.74, 6) is -0.270. The Labute approximate surface area is 128 Å². The van der Waals surface area contributed by atoms with Gasteiger partial charge in [0, 0.05) is 31.3 Å². The Morgan fingerprint density at radius 2 is 2.15 bits per heavy atom. The first kappa shape index (κ1) is 18.7. The predicted molar refractivity (Wildman–Crippen MR) is 82.7 cm³/mol. The zero-order valence-electron chi connectivity index (χ0n) is 11.5. The SMILES string of the molecule is CSc1ccc(C(=O)N(C)C(C)CN)cc1[N+](=O)[O-].Cl. The number of nitrogens with zero attached hydrogens (tertiary/aromatic N) is 2. The number of nitro groups is 1. The zero-order valence-corrected chi connectivity index (χ0v) is 13.2. The van der Waals surface area contributed by atoms with Crippen LogP contribution in [0.5, 0.6) is 0 Å². The Kier molecular flexibility index (Phi) is 7.55. The molecule has 0 aliphatic carbocycles. The summed E-state index contributed by atoms with van der Waals surface area (Å²) in [5, 5.41) is 11.0. The van der Waals surface area contributed by atoms with Crippen molar-refractivity contribution in [1.29, 1.82) is 0 Å². The number of thioether (sulfide) groups is 1. The van der Waals surface area contributed by atoms with Gasteiger partial charge in [-0.2, -0.15) is 0 Å². The molecule has 1 aromatic carbocycles. The third-order valence-corrected chi connectivity index (χ3v) is 3.73. The lowest BCUT2D eigenvalue weighted by Gasteiger charge is -2.23. The molecule has 2 N–H and O–H groups in total. The first-order valence-corrected chi connectivity index (χ1v) is 6.94. The number of rotatable bonds is 5. The van der Waals surface area contributed by atoms with Gasteiger partial charge in [0.2, 0.25) is 0 Å². The molecule has 0 spiro atoms. The number of likely N-dealkylation sites (N-methyl/N-ethyl adjacent to an activating group) is 1. The van der Waals surface area contributed by atoms with Crippen LogP contribution in [-0.2, 0) is 0 Å². The van der Waals surface area contributed by atoms with Crippen LogP contribution in [0, 0.1) is 10.1 Å². The van der Waals surface area contributed by atoms with E-state index >= 15 is 0 Å². The molecule has 1 unspecified atom stereocenters. The maximum absolute atomic E-state index is 12.2. The van der Waals surface area contributed by atoms with Crippen LogP contribution in [0.2, 0.25) is 0 Å². The van der Waals surface area contributed by atoms with Gasteiger partial charge in [0.05, 0.1) is 9.82 Å². The summed E-state index contributed by atoms with van der Waals surface area (Å²) in [7, 11) is 1.63. The van der Waals surface area contributed by atoms with Gasteiger partial charge in [-0.1, -0.05) is 0 Å². The maximum Gasteiger partial charge on any atom is 0.283 e. The lowest BCUT2D eigenvalue weighted by molar-refractivity contribution is -0.387. The van der Waals surface area contributed by atoms with Gasteiger partial charge >= 0.3 is 0 Å². The minimum absolute atomic E-state index is 0. The van der Waals surface area contributed by atoms with Gasteiger partial charge in [0.15, 0.2) is 0 Å². The van der Waals surface area contributed by atoms with E-state index in [1.165, 1.54) is 22.7 Å². The standard InChI is InChI=1S/C12H17N3O3S.ClH/c1-8(7-13)14(2)12(16)9-4-5-11(19-3)10(6-9)15(17)18;/h4-6,8H,7,13H2,1-3H3;1H. The van der Waals surface area contributed by atoms with Gasteiger partial charge in [0.1, 0.15) is 0 Å². The Morgan fingerprint density at radius 3 is 2.60 bits per heavy atom. The first-order chi connectivity index (χ1) is 8.92. The Bertz CT molecular complexity index is 499. The van der Waals surface area contributed by atoms with E-state index < -0.39 is 4.92 Å². The second-order valence-corrected chi connectivity index (χ2v) is 4.99. The Hall–Kier alpha value is -1.31. The molecular weight excluding hydrogens is 302 g/mol. The summed E-state index contributed by atoms with van der Waals surface area (Å²) < 4.78 is 0. The van der Waals surface area contributed by atoms with Crippen LogP contribution >= 0.6 is 24.2 Å². The molecule has 112 valence electrons. The van der Waals surface area contributed by atoms with Crippen molar-refractivity contribution >= 4 is 35.8 Å². The molecular formula is C12H18ClN3O3S. The number of halogens is 1. The lowest BCUT2D eigenvalue weighted by atomic mass is 10.1. The summed E-state index contributed by atoms with van der Waals surface area (Å²) >= 11 is 1.28. The van der Waals surface area contributed by atoms with E-state index in [1.807, 2.05) is 6.92 Å². The molecule has 1 rings (SSSR count). The number of hydrogen-bond acceptors (Lipinski definition) is 5. The molecule has 1 atom stereocenters. The lowest BCUT2D eigenvalue weighted by Crippen LogP contribution is -2.39. The number of amides is 1. The molecule has 0 fully saturated rings. The van der Waals surface area contributed by atoms with E-state index in [0.29, 0.717) is 17.0 Å². The van der Waals surface area contributed by atoms with Crippen LogP contribution in [0.25, 0.3) is 0 Å². The van der Waals surface area contributed by atoms with Crippen molar-refractivity contribution in [2.45, 2.75) is 17.9 Å². The second kappa shape index (κ2) is 8.08. The molecule has 0 radical (unpaired) electrons. The van der Waals surface area contributed by atoms with Crippen molar-refractivity contribution in [2.75, 3.05) is 19.8 Å². The van der Waals surface area contributed by atoms with Crippen LogP contribution < -0.4 is 5.73 Å². The summed E-state index contributed by atoms with van der Waals surface area (Å²) in [6.45, 7) is 2.16. The average molecular weight is 320 g/mol. The second-order valence-electron chi connectivity index (χ2n) is 4.14. The summed E-state index contributed by atoms with van der Waals surface area (Å²) in [5.41, 5.74) is 5.76. The normalized spacial score (nSPS) is 11.4. The number of hydrogen-bond donors (Lipinski definition) is 1. The number of nitro benzene ring substituents is 1. The fourth-order valence-electron chi connectivity index (χ4n) is 1.53. The molecule has 20 heavy (non-hydrogen) atoms. The van der Waals surface area contributed by atoms with E-state index in [1.54, 1.807) is 25.4 Å². The van der Waals surface area contributed by atoms with Crippen LogP contribution in [0.1, 0.15) is 17.3 Å². The topological polar surface area (TPSA) is 89.5 Å². The summed E-state index contributed by atoms with van der Waals surface area (Å²) in [6, 6.07) is 4.39. The highest BCUT2D eigenvalue weighted by Crippen LogP contribution is 2.28. The molecule has 0 aliphatic rings. The van der Waals surface area contributed by atoms with E-state index in [-0.39, 0.29) is 30.0 Å². The van der Waals surface area contributed by atoms with Gasteiger partial charge in [0.25, 0.3) is 11.6 Å². The molecule has 0 bridgehead atoms. The van der Waals surface area contributed by atoms with Gasteiger partial charge in [-0.25, -0.2) is 0 Å². The molecule has 0 aromatic heterocycles. The molecule has 0 saturated carbocycles. The zero-order chi connectivity index (χ0) is 14.6. The van der Waals surface area contributed by atoms with Gasteiger partial charge in [-0.05, 0) is 25.3 Å². The van der Waals surface area contributed by atoms with Crippen molar-refractivity contribution in [3.05, 3.63) is 33.9 Å². The molecule has 0 saturated heterocycles. The molecule has 0 aliphatic heterocycles. The highest BCUT2D eigenvalue weighted by Gasteiger charge is 2.21. The number of carbonyl (C=O) groups excluding carboxylic acids is 1. The third-order valence-electron chi connectivity index (χ3n) is 2.95. The summed E-state index contributed by atoms with van der Waals surface area (Å²) in [4.78, 5) is 24.7. The minimum Gasteiger partial charge on any atom is -0.338 e. The Balaban J connectivity index is 0.00000361. The molecule has 8 heteroatoms. The largest absolute Gasteiger partial charge is 0.338 e. The van der Waals surface area contributed by atoms with Crippen LogP contribution in [0.3, 0.4) is 0 Å². The van der Waals surface area contributed by atoms with Crippen molar-refractivity contribution in [3.63, 3.8) is 0 Å². The molecule has 1 aromatic rings. The number of carbonyl (C=O) groups is 1. The van der Waals surface area contributed by atoms with Gasteiger partial charge in [-0.3, -0.25) is 14.9 Å². The van der Waals surface area contributed by atoms with Crippen LogP contribution in [0.4, 0.5) is 5.69 Å². The van der Waals surface area contributed by atoms with Crippen LogP contribution in [0.15, 0.2) is 23.1 Å². The summed E-state index contributed by atoms with van der Waals surface area (Å²) in [6.07, 6.45) is 1.76. The van der Waals surface area contributed by atoms with Crippen LogP contribution in [-0.4, -0.2) is 41.6 Å². The highest BCUT2D eigenvalue weighted by atomic mass is 35.5. The number of benzene rings is 1. The molecule has 1 amide bonds.